The predicted octanol–water partition coefficient (Wildman–Crippen LogP) is 3.22. The molecule has 0 unspecified atom stereocenters. The highest BCUT2D eigenvalue weighted by Crippen LogP contribution is 2.18. The van der Waals surface area contributed by atoms with Crippen molar-refractivity contribution in [1.29, 1.82) is 0 Å². The van der Waals surface area contributed by atoms with Crippen molar-refractivity contribution in [3.63, 3.8) is 0 Å². The molecule has 31 heavy (non-hydrogen) atoms. The standard InChI is InChI=1S/C19H23F3N4O3S.HI/c1-13-8-14(4-5-16(13)30(3,27)28)10-25-18(23-2)26-11-15-6-7-24-17(9-15)29-12-19(20,21)22;/h4-9H,10-12H2,1-3H3,(H2,23,25,26);1H. The molecule has 0 radical (unpaired) electrons. The van der Waals surface area contributed by atoms with E-state index in [0.29, 0.717) is 23.6 Å². The van der Waals surface area contributed by atoms with Crippen molar-refractivity contribution in [2.24, 2.45) is 4.99 Å². The summed E-state index contributed by atoms with van der Waals surface area (Å²) in [6, 6.07) is 8.13. The van der Waals surface area contributed by atoms with Crippen LogP contribution in [-0.2, 0) is 22.9 Å². The molecule has 0 saturated heterocycles. The van der Waals surface area contributed by atoms with E-state index in [9.17, 15) is 21.6 Å². The van der Waals surface area contributed by atoms with E-state index in [4.69, 9.17) is 0 Å². The second kappa shape index (κ2) is 11.5. The molecule has 1 aromatic heterocycles. The monoisotopic (exact) mass is 572 g/mol. The summed E-state index contributed by atoms with van der Waals surface area (Å²) in [5, 5.41) is 6.14. The average molecular weight is 572 g/mol. The zero-order valence-corrected chi connectivity index (χ0v) is 20.3. The first-order valence-electron chi connectivity index (χ1n) is 8.86. The second-order valence-electron chi connectivity index (χ2n) is 6.56. The maximum atomic E-state index is 12.3. The molecule has 12 heteroatoms. The SMILES string of the molecule is CN=C(NCc1ccnc(OCC(F)(F)F)c1)NCc1ccc(S(C)(=O)=O)c(C)c1.I. The normalized spacial score (nSPS) is 12.1. The molecular formula is C19H24F3IN4O3S. The lowest BCUT2D eigenvalue weighted by molar-refractivity contribution is -0.154. The van der Waals surface area contributed by atoms with Crippen molar-refractivity contribution in [3.8, 4) is 5.88 Å². The molecule has 0 amide bonds. The van der Waals surface area contributed by atoms with Crippen molar-refractivity contribution in [1.82, 2.24) is 15.6 Å². The van der Waals surface area contributed by atoms with Crippen LogP contribution in [0.3, 0.4) is 0 Å². The van der Waals surface area contributed by atoms with Crippen molar-refractivity contribution in [2.45, 2.75) is 31.1 Å². The number of halogens is 4. The molecule has 7 nitrogen and oxygen atoms in total. The lowest BCUT2D eigenvalue weighted by atomic mass is 10.1. The number of aliphatic imine (C=N–C) groups is 1. The summed E-state index contributed by atoms with van der Waals surface area (Å²) >= 11 is 0. The molecular weight excluding hydrogens is 548 g/mol. The number of nitrogens with one attached hydrogen (secondary N) is 2. The molecule has 2 rings (SSSR count). The molecule has 1 aromatic carbocycles. The Morgan fingerprint density at radius 2 is 1.74 bits per heavy atom. The summed E-state index contributed by atoms with van der Waals surface area (Å²) in [4.78, 5) is 8.14. The number of aryl methyl sites for hydroxylation is 1. The third-order valence-corrected chi connectivity index (χ3v) is 5.22. The Bertz CT molecular complexity index is 1010. The number of alkyl halides is 3. The van der Waals surface area contributed by atoms with Gasteiger partial charge in [0.05, 0.1) is 4.90 Å². The number of ether oxygens (including phenoxy) is 1. The Balaban J connectivity index is 0.00000480. The van der Waals surface area contributed by atoms with Gasteiger partial charge in [0.1, 0.15) is 0 Å². The van der Waals surface area contributed by atoms with Crippen molar-refractivity contribution < 1.29 is 26.3 Å². The van der Waals surface area contributed by atoms with E-state index in [2.05, 4.69) is 25.3 Å². The van der Waals surface area contributed by atoms with Crippen LogP contribution in [0.15, 0.2) is 46.4 Å². The molecule has 0 aliphatic carbocycles. The molecule has 1 heterocycles. The zero-order chi connectivity index (χ0) is 22.4. The van der Waals surface area contributed by atoms with E-state index in [1.807, 2.05) is 0 Å². The topological polar surface area (TPSA) is 92.7 Å². The van der Waals surface area contributed by atoms with Crippen LogP contribution >= 0.6 is 24.0 Å². The molecule has 0 aliphatic rings. The zero-order valence-electron chi connectivity index (χ0n) is 17.2. The Morgan fingerprint density at radius 3 is 2.26 bits per heavy atom. The number of hydrogen-bond donors (Lipinski definition) is 2. The van der Waals surface area contributed by atoms with Crippen molar-refractivity contribution in [3.05, 3.63) is 53.2 Å². The first-order chi connectivity index (χ1) is 14.0. The third-order valence-electron chi connectivity index (χ3n) is 3.97. The fourth-order valence-electron chi connectivity index (χ4n) is 2.62. The number of hydrogen-bond acceptors (Lipinski definition) is 5. The minimum atomic E-state index is -4.43. The molecule has 2 aromatic rings. The summed E-state index contributed by atoms with van der Waals surface area (Å²) in [5.74, 6) is 0.352. The summed E-state index contributed by atoms with van der Waals surface area (Å²) in [5.41, 5.74) is 2.19. The van der Waals surface area contributed by atoms with Crippen LogP contribution in [0.2, 0.25) is 0 Å². The van der Waals surface area contributed by atoms with Crippen LogP contribution in [0, 0.1) is 6.92 Å². The van der Waals surface area contributed by atoms with Gasteiger partial charge in [-0.3, -0.25) is 4.99 Å². The lowest BCUT2D eigenvalue weighted by Crippen LogP contribution is -2.36. The van der Waals surface area contributed by atoms with E-state index in [1.54, 1.807) is 38.2 Å². The van der Waals surface area contributed by atoms with Gasteiger partial charge >= 0.3 is 6.18 Å². The minimum absolute atomic E-state index is 0. The van der Waals surface area contributed by atoms with Crippen LogP contribution < -0.4 is 15.4 Å². The molecule has 0 aliphatic heterocycles. The largest absolute Gasteiger partial charge is 0.468 e. The fourth-order valence-corrected chi connectivity index (χ4v) is 3.58. The van der Waals surface area contributed by atoms with Gasteiger partial charge in [-0.2, -0.15) is 13.2 Å². The second-order valence-corrected chi connectivity index (χ2v) is 8.54. The number of rotatable bonds is 7. The molecule has 2 N–H and O–H groups in total. The number of guanidine groups is 1. The van der Waals surface area contributed by atoms with Crippen LogP contribution in [0.4, 0.5) is 13.2 Å². The molecule has 0 saturated carbocycles. The Kier molecular flexibility index (Phi) is 10.0. The van der Waals surface area contributed by atoms with Crippen molar-refractivity contribution in [2.75, 3.05) is 19.9 Å². The fraction of sp³-hybridized carbons (Fsp3) is 0.368. The first-order valence-corrected chi connectivity index (χ1v) is 10.8. The Hall–Kier alpha value is -2.09. The third kappa shape index (κ3) is 9.29. The molecule has 0 atom stereocenters. The summed E-state index contributed by atoms with van der Waals surface area (Å²) < 4.78 is 64.8. The van der Waals surface area contributed by atoms with Gasteiger partial charge < -0.3 is 15.4 Å². The van der Waals surface area contributed by atoms with Crippen molar-refractivity contribution >= 4 is 39.8 Å². The summed E-state index contributed by atoms with van der Waals surface area (Å²) in [7, 11) is -1.69. The molecule has 0 fully saturated rings. The highest BCUT2D eigenvalue weighted by molar-refractivity contribution is 14.0. The van der Waals surface area contributed by atoms with E-state index in [1.165, 1.54) is 12.3 Å². The van der Waals surface area contributed by atoms with E-state index >= 15 is 0 Å². The number of aromatic nitrogens is 1. The van der Waals surface area contributed by atoms with E-state index in [0.717, 1.165) is 11.8 Å². The minimum Gasteiger partial charge on any atom is -0.468 e. The van der Waals surface area contributed by atoms with Gasteiger partial charge in [0.15, 0.2) is 22.4 Å². The highest BCUT2D eigenvalue weighted by atomic mass is 127. The smallest absolute Gasteiger partial charge is 0.422 e. The Labute approximate surface area is 196 Å². The quantitative estimate of drug-likeness (QED) is 0.301. The van der Waals surface area contributed by atoms with Gasteiger partial charge in [-0.15, -0.1) is 24.0 Å². The highest BCUT2D eigenvalue weighted by Gasteiger charge is 2.28. The maximum absolute atomic E-state index is 12.3. The molecule has 0 spiro atoms. The maximum Gasteiger partial charge on any atom is 0.422 e. The van der Waals surface area contributed by atoms with Gasteiger partial charge in [-0.05, 0) is 35.7 Å². The van der Waals surface area contributed by atoms with Crippen LogP contribution in [0.25, 0.3) is 0 Å². The van der Waals surface area contributed by atoms with Gasteiger partial charge in [-0.1, -0.05) is 12.1 Å². The number of pyridine rings is 1. The number of nitrogens with zero attached hydrogens (tertiary/aromatic N) is 2. The van der Waals surface area contributed by atoms with Crippen LogP contribution in [-0.4, -0.2) is 45.4 Å². The lowest BCUT2D eigenvalue weighted by Gasteiger charge is -2.14. The molecule has 172 valence electrons. The summed E-state index contributed by atoms with van der Waals surface area (Å²) in [6.45, 7) is 1.02. The number of benzene rings is 1. The summed E-state index contributed by atoms with van der Waals surface area (Å²) in [6.07, 6.45) is -1.90. The van der Waals surface area contributed by atoms with Gasteiger partial charge in [-0.25, -0.2) is 13.4 Å². The molecule has 0 bridgehead atoms. The first kappa shape index (κ1) is 26.9. The average Bonchev–Trinajstić information content (AvgIpc) is 2.65. The van der Waals surface area contributed by atoms with Gasteiger partial charge in [0.2, 0.25) is 5.88 Å². The van der Waals surface area contributed by atoms with Crippen LogP contribution in [0.5, 0.6) is 5.88 Å². The number of sulfone groups is 1. The predicted molar refractivity (Wildman–Crippen MR) is 123 cm³/mol. The van der Waals surface area contributed by atoms with Gasteiger partial charge in [0.25, 0.3) is 0 Å². The van der Waals surface area contributed by atoms with E-state index in [-0.39, 0.29) is 41.3 Å². The van der Waals surface area contributed by atoms with Gasteiger partial charge in [0, 0.05) is 38.7 Å². The van der Waals surface area contributed by atoms with E-state index < -0.39 is 22.6 Å². The van der Waals surface area contributed by atoms with Crippen LogP contribution in [0.1, 0.15) is 16.7 Å². The Morgan fingerprint density at radius 1 is 1.13 bits per heavy atom.